The maximum atomic E-state index is 15.1. The van der Waals surface area contributed by atoms with Gasteiger partial charge < -0.3 is 10.2 Å². The summed E-state index contributed by atoms with van der Waals surface area (Å²) >= 11 is 0. The van der Waals surface area contributed by atoms with Crippen molar-refractivity contribution in [1.29, 1.82) is 0 Å². The van der Waals surface area contributed by atoms with E-state index in [4.69, 9.17) is 0 Å². The zero-order valence-electron chi connectivity index (χ0n) is 25.4. The average molecular weight is 646 g/mol. The molecule has 0 saturated heterocycles. The van der Waals surface area contributed by atoms with Gasteiger partial charge in [-0.1, -0.05) is 86.0 Å². The number of para-hydroxylation sites is 1. The summed E-state index contributed by atoms with van der Waals surface area (Å²) < 4.78 is 57.7. The van der Waals surface area contributed by atoms with Gasteiger partial charge in [-0.05, 0) is 60.9 Å². The zero-order chi connectivity index (χ0) is 32.5. The predicted octanol–water partition coefficient (Wildman–Crippen LogP) is 6.25. The van der Waals surface area contributed by atoms with Gasteiger partial charge in [0.05, 0.1) is 10.6 Å². The van der Waals surface area contributed by atoms with Gasteiger partial charge in [0, 0.05) is 24.6 Å². The van der Waals surface area contributed by atoms with E-state index in [9.17, 15) is 22.4 Å². The number of carbonyl (C=O) groups is 2. The number of sulfonamides is 1. The molecule has 7 nitrogen and oxygen atoms in total. The van der Waals surface area contributed by atoms with Crippen molar-refractivity contribution in [2.24, 2.45) is 0 Å². The summed E-state index contributed by atoms with van der Waals surface area (Å²) in [5, 5.41) is 3.13. The Morgan fingerprint density at radius 1 is 0.783 bits per heavy atom. The first-order valence-corrected chi connectivity index (χ1v) is 16.9. The molecule has 1 fully saturated rings. The van der Waals surface area contributed by atoms with E-state index in [0.29, 0.717) is 0 Å². The molecule has 0 aromatic heterocycles. The monoisotopic (exact) mass is 645 g/mol. The van der Waals surface area contributed by atoms with Crippen LogP contribution < -0.4 is 9.62 Å². The van der Waals surface area contributed by atoms with Crippen LogP contribution in [-0.4, -0.2) is 43.8 Å². The normalized spacial score (nSPS) is 14.3. The number of hydrogen-bond acceptors (Lipinski definition) is 4. The minimum atomic E-state index is -4.36. The third-order valence-corrected chi connectivity index (χ3v) is 10.0. The molecule has 240 valence electrons. The highest BCUT2D eigenvalue weighted by Crippen LogP contribution is 2.26. The molecule has 0 spiro atoms. The Morgan fingerprint density at radius 2 is 1.39 bits per heavy atom. The van der Waals surface area contributed by atoms with E-state index in [1.165, 1.54) is 17.0 Å². The lowest BCUT2D eigenvalue weighted by Crippen LogP contribution is -2.55. The van der Waals surface area contributed by atoms with Crippen LogP contribution in [0, 0.1) is 11.6 Å². The fraction of sp³-hybridized carbons (Fsp3) is 0.278. The molecular weight excluding hydrogens is 608 g/mol. The first-order chi connectivity index (χ1) is 22.2. The fourth-order valence-electron chi connectivity index (χ4n) is 5.77. The van der Waals surface area contributed by atoms with Crippen molar-refractivity contribution in [2.75, 3.05) is 10.8 Å². The molecule has 0 unspecified atom stereocenters. The van der Waals surface area contributed by atoms with Crippen LogP contribution in [0.25, 0.3) is 0 Å². The van der Waals surface area contributed by atoms with Crippen molar-refractivity contribution in [1.82, 2.24) is 10.2 Å². The van der Waals surface area contributed by atoms with Crippen LogP contribution in [-0.2, 0) is 32.6 Å². The molecule has 10 heteroatoms. The third-order valence-electron chi connectivity index (χ3n) is 8.25. The molecule has 1 saturated carbocycles. The highest BCUT2D eigenvalue weighted by atomic mass is 32.2. The van der Waals surface area contributed by atoms with Gasteiger partial charge in [-0.2, -0.15) is 0 Å². The molecule has 1 N–H and O–H groups in total. The van der Waals surface area contributed by atoms with E-state index in [1.807, 2.05) is 30.3 Å². The molecule has 1 aliphatic rings. The van der Waals surface area contributed by atoms with Crippen LogP contribution in [0.5, 0.6) is 0 Å². The molecule has 2 amide bonds. The molecule has 0 aliphatic heterocycles. The number of nitrogens with zero attached hydrogens (tertiary/aromatic N) is 2. The number of nitrogens with one attached hydrogen (secondary N) is 1. The Kier molecular flexibility index (Phi) is 10.8. The van der Waals surface area contributed by atoms with Gasteiger partial charge in [-0.3, -0.25) is 13.9 Å². The van der Waals surface area contributed by atoms with Crippen LogP contribution in [0.3, 0.4) is 0 Å². The summed E-state index contributed by atoms with van der Waals surface area (Å²) in [6.45, 7) is -0.944. The van der Waals surface area contributed by atoms with Gasteiger partial charge >= 0.3 is 0 Å². The van der Waals surface area contributed by atoms with E-state index < -0.39 is 40.2 Å². The summed E-state index contributed by atoms with van der Waals surface area (Å²) in [7, 11) is -4.36. The predicted molar refractivity (Wildman–Crippen MR) is 173 cm³/mol. The second-order valence-corrected chi connectivity index (χ2v) is 13.3. The highest BCUT2D eigenvalue weighted by molar-refractivity contribution is 7.92. The van der Waals surface area contributed by atoms with Crippen LogP contribution in [0.4, 0.5) is 14.5 Å². The lowest BCUT2D eigenvalue weighted by molar-refractivity contribution is -0.140. The summed E-state index contributed by atoms with van der Waals surface area (Å²) in [5.74, 6) is -2.24. The largest absolute Gasteiger partial charge is 0.352 e. The average Bonchev–Trinajstić information content (AvgIpc) is 3.07. The van der Waals surface area contributed by atoms with Crippen molar-refractivity contribution in [2.45, 2.75) is 62.0 Å². The smallest absolute Gasteiger partial charge is 0.264 e. The standard InChI is InChI=1S/C36H37F2N3O4S/c37-29-20-22-32(23-21-29)46(44,45)41(31-17-8-3-9-18-31)26-35(42)40(25-28-14-10-11-19-33(28)38)34(24-27-12-4-1-5-13-27)36(43)39-30-15-6-2-7-16-30/h1,3-5,8-14,17-23,30,34H,2,6-7,15-16,24-26H2,(H,39,43)/t34-/m0/s1. The molecular formula is C36H37F2N3O4S. The summed E-state index contributed by atoms with van der Waals surface area (Å²) in [5.41, 5.74) is 1.18. The maximum absolute atomic E-state index is 15.1. The van der Waals surface area contributed by atoms with Crippen molar-refractivity contribution in [3.8, 4) is 0 Å². The molecule has 0 radical (unpaired) electrons. The van der Waals surface area contributed by atoms with Gasteiger partial charge in [-0.25, -0.2) is 17.2 Å². The number of amides is 2. The topological polar surface area (TPSA) is 86.8 Å². The fourth-order valence-corrected chi connectivity index (χ4v) is 7.18. The van der Waals surface area contributed by atoms with Gasteiger partial charge in [0.2, 0.25) is 11.8 Å². The van der Waals surface area contributed by atoms with E-state index in [2.05, 4.69) is 5.32 Å². The molecule has 4 aromatic carbocycles. The Balaban J connectivity index is 1.55. The van der Waals surface area contributed by atoms with Crippen LogP contribution in [0.1, 0.15) is 43.2 Å². The zero-order valence-corrected chi connectivity index (χ0v) is 26.2. The Bertz CT molecular complexity index is 1720. The second-order valence-electron chi connectivity index (χ2n) is 11.5. The molecule has 0 bridgehead atoms. The maximum Gasteiger partial charge on any atom is 0.264 e. The van der Waals surface area contributed by atoms with E-state index >= 15 is 4.39 Å². The first-order valence-electron chi connectivity index (χ1n) is 15.4. The number of hydrogen-bond donors (Lipinski definition) is 1. The molecule has 46 heavy (non-hydrogen) atoms. The minimum absolute atomic E-state index is 0.0513. The summed E-state index contributed by atoms with van der Waals surface area (Å²) in [6, 6.07) is 26.5. The number of anilines is 1. The highest BCUT2D eigenvalue weighted by Gasteiger charge is 2.35. The molecule has 5 rings (SSSR count). The van der Waals surface area contributed by atoms with Crippen molar-refractivity contribution < 1.29 is 26.8 Å². The van der Waals surface area contributed by atoms with Crippen LogP contribution in [0.15, 0.2) is 114 Å². The Labute approximate surface area is 268 Å². The van der Waals surface area contributed by atoms with Crippen LogP contribution >= 0.6 is 0 Å². The number of rotatable bonds is 12. The van der Waals surface area contributed by atoms with E-state index in [0.717, 1.165) is 66.2 Å². The first kappa shape index (κ1) is 32.8. The third kappa shape index (κ3) is 8.17. The Morgan fingerprint density at radius 3 is 2.04 bits per heavy atom. The molecule has 1 aliphatic carbocycles. The second kappa shape index (κ2) is 15.1. The SMILES string of the molecule is O=C(NC1CCCCC1)[C@H](Cc1ccccc1)N(Cc1ccccc1F)C(=O)CN(c1ccccc1)S(=O)(=O)c1ccc(F)cc1. The lowest BCUT2D eigenvalue weighted by atomic mass is 9.94. The van der Waals surface area contributed by atoms with Crippen LogP contribution in [0.2, 0.25) is 0 Å². The summed E-state index contributed by atoms with van der Waals surface area (Å²) in [4.78, 5) is 29.6. The van der Waals surface area contributed by atoms with Crippen molar-refractivity contribution in [3.05, 3.63) is 132 Å². The van der Waals surface area contributed by atoms with Crippen molar-refractivity contribution in [3.63, 3.8) is 0 Å². The number of benzene rings is 4. The number of carbonyl (C=O) groups excluding carboxylic acids is 2. The minimum Gasteiger partial charge on any atom is -0.352 e. The molecule has 0 heterocycles. The molecule has 1 atom stereocenters. The Hall–Kier alpha value is -4.57. The van der Waals surface area contributed by atoms with E-state index in [-0.39, 0.29) is 41.1 Å². The van der Waals surface area contributed by atoms with E-state index in [1.54, 1.807) is 42.5 Å². The van der Waals surface area contributed by atoms with Gasteiger partial charge in [0.15, 0.2) is 0 Å². The van der Waals surface area contributed by atoms with Crippen molar-refractivity contribution >= 4 is 27.5 Å². The van der Waals surface area contributed by atoms with Gasteiger partial charge in [0.25, 0.3) is 10.0 Å². The summed E-state index contributed by atoms with van der Waals surface area (Å²) in [6.07, 6.45) is 4.84. The van der Waals surface area contributed by atoms with Gasteiger partial charge in [0.1, 0.15) is 24.2 Å². The number of halogens is 2. The molecule has 4 aromatic rings. The quantitative estimate of drug-likeness (QED) is 0.197. The van der Waals surface area contributed by atoms with Gasteiger partial charge in [-0.15, -0.1) is 0 Å². The lowest BCUT2D eigenvalue weighted by Gasteiger charge is -2.35.